The van der Waals surface area contributed by atoms with Crippen molar-refractivity contribution in [2.45, 2.75) is 12.5 Å². The van der Waals surface area contributed by atoms with Crippen molar-refractivity contribution in [3.8, 4) is 0 Å². The number of anilines is 2. The summed E-state index contributed by atoms with van der Waals surface area (Å²) in [6.07, 6.45) is 1.18. The third-order valence-electron chi connectivity index (χ3n) is 2.85. The lowest BCUT2D eigenvalue weighted by Crippen LogP contribution is -2.31. The van der Waals surface area contributed by atoms with Crippen LogP contribution in [0.2, 0.25) is 10.0 Å². The summed E-state index contributed by atoms with van der Waals surface area (Å²) >= 11 is 14.4. The van der Waals surface area contributed by atoms with E-state index >= 15 is 0 Å². The highest BCUT2D eigenvalue weighted by Gasteiger charge is 2.23. The summed E-state index contributed by atoms with van der Waals surface area (Å²) in [6.45, 7) is 0. The van der Waals surface area contributed by atoms with Crippen molar-refractivity contribution in [2.75, 3.05) is 29.2 Å². The number of benzene rings is 1. The van der Waals surface area contributed by atoms with Crippen LogP contribution >= 0.6 is 35.0 Å². The van der Waals surface area contributed by atoms with Gasteiger partial charge in [0.05, 0.1) is 15.7 Å². The standard InChI is InChI=1S/C11H14Cl2N2S/c1-15(8-2-3-16-6-8)11-9(12)4-7(14)5-10(11)13/h4-5,8H,2-3,6,14H2,1H3. The average Bonchev–Trinajstić information content (AvgIpc) is 2.67. The maximum atomic E-state index is 6.20. The van der Waals surface area contributed by atoms with E-state index in [-0.39, 0.29) is 0 Å². The monoisotopic (exact) mass is 276 g/mol. The molecule has 1 aliphatic heterocycles. The molecular formula is C11H14Cl2N2S. The first-order valence-electron chi connectivity index (χ1n) is 5.14. The van der Waals surface area contributed by atoms with Gasteiger partial charge in [-0.1, -0.05) is 23.2 Å². The van der Waals surface area contributed by atoms with Gasteiger partial charge in [-0.15, -0.1) is 0 Å². The lowest BCUT2D eigenvalue weighted by molar-refractivity contribution is 0.700. The molecule has 1 unspecified atom stereocenters. The molecule has 0 saturated carbocycles. The second kappa shape index (κ2) is 4.94. The van der Waals surface area contributed by atoms with E-state index in [0.29, 0.717) is 21.8 Å². The fraction of sp³-hybridized carbons (Fsp3) is 0.455. The molecule has 1 atom stereocenters. The molecule has 2 rings (SSSR count). The van der Waals surface area contributed by atoms with Crippen LogP contribution in [-0.2, 0) is 0 Å². The van der Waals surface area contributed by atoms with Crippen LogP contribution < -0.4 is 10.6 Å². The van der Waals surface area contributed by atoms with Crippen molar-refractivity contribution in [3.05, 3.63) is 22.2 Å². The maximum absolute atomic E-state index is 6.20. The summed E-state index contributed by atoms with van der Waals surface area (Å²) in [5.41, 5.74) is 7.19. The number of hydrogen-bond acceptors (Lipinski definition) is 3. The predicted octanol–water partition coefficient (Wildman–Crippen LogP) is 3.52. The van der Waals surface area contributed by atoms with E-state index in [1.807, 2.05) is 18.8 Å². The molecule has 0 radical (unpaired) electrons. The van der Waals surface area contributed by atoms with E-state index in [1.54, 1.807) is 12.1 Å². The van der Waals surface area contributed by atoms with Crippen LogP contribution in [0.25, 0.3) is 0 Å². The molecule has 1 fully saturated rings. The molecule has 5 heteroatoms. The number of nitrogens with two attached hydrogens (primary N) is 1. The summed E-state index contributed by atoms with van der Waals surface area (Å²) in [5.74, 6) is 2.34. The Kier molecular flexibility index (Phi) is 3.77. The molecule has 0 bridgehead atoms. The van der Waals surface area contributed by atoms with Gasteiger partial charge in [-0.3, -0.25) is 0 Å². The lowest BCUT2D eigenvalue weighted by Gasteiger charge is -2.28. The molecule has 0 aromatic heterocycles. The van der Waals surface area contributed by atoms with Crippen LogP contribution in [0.5, 0.6) is 0 Å². The van der Waals surface area contributed by atoms with Crippen LogP contribution in [0.15, 0.2) is 12.1 Å². The summed E-state index contributed by atoms with van der Waals surface area (Å²) in [7, 11) is 2.04. The minimum Gasteiger partial charge on any atom is -0.399 e. The highest BCUT2D eigenvalue weighted by molar-refractivity contribution is 7.99. The molecule has 16 heavy (non-hydrogen) atoms. The average molecular weight is 277 g/mol. The van der Waals surface area contributed by atoms with E-state index in [1.165, 1.54) is 12.2 Å². The number of thioether (sulfide) groups is 1. The lowest BCUT2D eigenvalue weighted by atomic mass is 10.2. The topological polar surface area (TPSA) is 29.3 Å². The Morgan fingerprint density at radius 2 is 2.00 bits per heavy atom. The molecule has 1 aliphatic rings. The first-order valence-corrected chi connectivity index (χ1v) is 7.05. The Bertz CT molecular complexity index is 369. The second-order valence-corrected chi connectivity index (χ2v) is 5.93. The molecule has 0 aliphatic carbocycles. The van der Waals surface area contributed by atoms with E-state index in [4.69, 9.17) is 28.9 Å². The predicted molar refractivity (Wildman–Crippen MR) is 75.0 cm³/mol. The van der Waals surface area contributed by atoms with Gasteiger partial charge in [-0.2, -0.15) is 11.8 Å². The fourth-order valence-corrected chi connectivity index (χ4v) is 3.97. The van der Waals surface area contributed by atoms with Gasteiger partial charge in [-0.25, -0.2) is 0 Å². The second-order valence-electron chi connectivity index (χ2n) is 3.96. The zero-order valence-corrected chi connectivity index (χ0v) is 11.4. The van der Waals surface area contributed by atoms with Crippen molar-refractivity contribution >= 4 is 46.3 Å². The molecule has 0 amide bonds. The Balaban J connectivity index is 2.31. The highest BCUT2D eigenvalue weighted by atomic mass is 35.5. The molecule has 1 heterocycles. The van der Waals surface area contributed by atoms with Gasteiger partial charge in [0.15, 0.2) is 0 Å². The quantitative estimate of drug-likeness (QED) is 0.839. The first kappa shape index (κ1) is 12.2. The van der Waals surface area contributed by atoms with E-state index in [2.05, 4.69) is 4.90 Å². The van der Waals surface area contributed by atoms with Crippen molar-refractivity contribution in [1.29, 1.82) is 0 Å². The molecule has 1 aromatic carbocycles. The van der Waals surface area contributed by atoms with Gasteiger partial charge in [0.1, 0.15) is 0 Å². The molecule has 1 saturated heterocycles. The number of rotatable bonds is 2. The number of nitrogens with zero attached hydrogens (tertiary/aromatic N) is 1. The molecule has 2 N–H and O–H groups in total. The molecule has 88 valence electrons. The zero-order chi connectivity index (χ0) is 11.7. The van der Waals surface area contributed by atoms with Crippen molar-refractivity contribution < 1.29 is 0 Å². The van der Waals surface area contributed by atoms with E-state index in [0.717, 1.165) is 11.4 Å². The normalized spacial score (nSPS) is 20.1. The van der Waals surface area contributed by atoms with Crippen LogP contribution in [0.3, 0.4) is 0 Å². The van der Waals surface area contributed by atoms with Crippen LogP contribution in [0.4, 0.5) is 11.4 Å². The van der Waals surface area contributed by atoms with Crippen LogP contribution in [0, 0.1) is 0 Å². The first-order chi connectivity index (χ1) is 7.59. The minimum absolute atomic E-state index is 0.517. The molecular weight excluding hydrogens is 263 g/mol. The Hall–Kier alpha value is -0.250. The van der Waals surface area contributed by atoms with Crippen LogP contribution in [0.1, 0.15) is 6.42 Å². The van der Waals surface area contributed by atoms with E-state index in [9.17, 15) is 0 Å². The van der Waals surface area contributed by atoms with Gasteiger partial charge >= 0.3 is 0 Å². The minimum atomic E-state index is 0.517. The smallest absolute Gasteiger partial charge is 0.0746 e. The Labute approximate surface area is 110 Å². The zero-order valence-electron chi connectivity index (χ0n) is 9.04. The van der Waals surface area contributed by atoms with Gasteiger partial charge in [-0.05, 0) is 24.3 Å². The van der Waals surface area contributed by atoms with Crippen molar-refractivity contribution in [3.63, 3.8) is 0 Å². The Morgan fingerprint density at radius 3 is 2.50 bits per heavy atom. The Morgan fingerprint density at radius 1 is 1.38 bits per heavy atom. The van der Waals surface area contributed by atoms with E-state index < -0.39 is 0 Å². The third-order valence-corrected chi connectivity index (χ3v) is 4.57. The van der Waals surface area contributed by atoms with Crippen LogP contribution in [-0.4, -0.2) is 24.6 Å². The molecule has 0 spiro atoms. The summed E-state index contributed by atoms with van der Waals surface area (Å²) in [5, 5.41) is 1.26. The summed E-state index contributed by atoms with van der Waals surface area (Å²) in [4.78, 5) is 2.17. The number of halogens is 2. The van der Waals surface area contributed by atoms with Crippen molar-refractivity contribution in [2.24, 2.45) is 0 Å². The third kappa shape index (κ3) is 2.36. The molecule has 1 aromatic rings. The largest absolute Gasteiger partial charge is 0.399 e. The number of nitrogen functional groups attached to an aromatic ring is 1. The number of hydrogen-bond donors (Lipinski definition) is 1. The van der Waals surface area contributed by atoms with Gasteiger partial charge in [0.2, 0.25) is 0 Å². The van der Waals surface area contributed by atoms with Crippen molar-refractivity contribution in [1.82, 2.24) is 0 Å². The molecule has 2 nitrogen and oxygen atoms in total. The van der Waals surface area contributed by atoms with Gasteiger partial charge in [0.25, 0.3) is 0 Å². The fourth-order valence-electron chi connectivity index (χ4n) is 1.93. The summed E-state index contributed by atoms with van der Waals surface area (Å²) in [6, 6.07) is 4.02. The highest BCUT2D eigenvalue weighted by Crippen LogP contribution is 2.38. The summed E-state index contributed by atoms with van der Waals surface area (Å²) < 4.78 is 0. The van der Waals surface area contributed by atoms with Gasteiger partial charge < -0.3 is 10.6 Å². The maximum Gasteiger partial charge on any atom is 0.0746 e. The SMILES string of the molecule is CN(c1c(Cl)cc(N)cc1Cl)C1CCSC1. The van der Waals surface area contributed by atoms with Gasteiger partial charge in [0, 0.05) is 24.5 Å².